The number of para-hydroxylation sites is 1. The Morgan fingerprint density at radius 2 is 1.81 bits per heavy atom. The summed E-state index contributed by atoms with van der Waals surface area (Å²) >= 11 is 1.53. The molecule has 1 aromatic carbocycles. The number of carbonyl (C=O) groups excluding carboxylic acids is 1. The molecular formula is C13H13NOS. The Balaban J connectivity index is 2.23. The van der Waals surface area contributed by atoms with Crippen LogP contribution in [0.15, 0.2) is 42.5 Å². The maximum Gasteiger partial charge on any atom is 0.268 e. The third kappa shape index (κ3) is 2.14. The Hall–Kier alpha value is -1.61. The molecule has 1 aromatic heterocycles. The molecule has 0 fully saturated rings. The summed E-state index contributed by atoms with van der Waals surface area (Å²) in [6, 6.07) is 13.5. The number of rotatable bonds is 2. The lowest BCUT2D eigenvalue weighted by atomic mass is 10.3. The number of amides is 1. The van der Waals surface area contributed by atoms with Gasteiger partial charge in [-0.15, -0.1) is 11.3 Å². The lowest BCUT2D eigenvalue weighted by molar-refractivity contribution is 0.0997. The van der Waals surface area contributed by atoms with Crippen LogP contribution in [0, 0.1) is 6.92 Å². The number of nitrogens with zero attached hydrogens (tertiary/aromatic N) is 1. The van der Waals surface area contributed by atoms with Gasteiger partial charge >= 0.3 is 0 Å². The number of hydrogen-bond donors (Lipinski definition) is 0. The zero-order valence-electron chi connectivity index (χ0n) is 9.31. The fourth-order valence-electron chi connectivity index (χ4n) is 1.48. The highest BCUT2D eigenvalue weighted by Gasteiger charge is 2.14. The molecule has 3 heteroatoms. The Morgan fingerprint density at radius 3 is 2.38 bits per heavy atom. The summed E-state index contributed by atoms with van der Waals surface area (Å²) in [5.41, 5.74) is 0.915. The molecule has 0 bridgehead atoms. The standard InChI is InChI=1S/C13H13NOS/c1-10-8-9-12(16-10)13(15)14(2)11-6-4-3-5-7-11/h3-9H,1-2H3. The van der Waals surface area contributed by atoms with Crippen molar-refractivity contribution < 1.29 is 4.79 Å². The SMILES string of the molecule is Cc1ccc(C(=O)N(C)c2ccccc2)s1. The first-order chi connectivity index (χ1) is 7.68. The van der Waals surface area contributed by atoms with E-state index in [0.717, 1.165) is 15.4 Å². The summed E-state index contributed by atoms with van der Waals surface area (Å²) in [6.07, 6.45) is 0. The van der Waals surface area contributed by atoms with Gasteiger partial charge < -0.3 is 4.90 Å². The first kappa shape index (κ1) is 10.9. The van der Waals surface area contributed by atoms with E-state index in [4.69, 9.17) is 0 Å². The van der Waals surface area contributed by atoms with Gasteiger partial charge in [0, 0.05) is 17.6 Å². The Bertz CT molecular complexity index is 490. The van der Waals surface area contributed by atoms with Crippen LogP contribution < -0.4 is 4.90 Å². The van der Waals surface area contributed by atoms with Crippen LogP contribution in [0.1, 0.15) is 14.5 Å². The summed E-state index contributed by atoms with van der Waals surface area (Å²) in [4.78, 5) is 15.7. The van der Waals surface area contributed by atoms with Crippen molar-refractivity contribution in [1.82, 2.24) is 0 Å². The highest BCUT2D eigenvalue weighted by atomic mass is 32.1. The topological polar surface area (TPSA) is 20.3 Å². The molecule has 0 unspecified atom stereocenters. The molecule has 1 amide bonds. The molecule has 2 rings (SSSR count). The van der Waals surface area contributed by atoms with Crippen molar-refractivity contribution >= 4 is 22.9 Å². The number of anilines is 1. The van der Waals surface area contributed by atoms with E-state index in [2.05, 4.69) is 0 Å². The van der Waals surface area contributed by atoms with E-state index >= 15 is 0 Å². The second-order valence-corrected chi connectivity index (χ2v) is 4.90. The van der Waals surface area contributed by atoms with Crippen LogP contribution in [0.5, 0.6) is 0 Å². The fraction of sp³-hybridized carbons (Fsp3) is 0.154. The quantitative estimate of drug-likeness (QED) is 0.776. The average molecular weight is 231 g/mol. The maximum absolute atomic E-state index is 12.1. The highest BCUT2D eigenvalue weighted by molar-refractivity contribution is 7.14. The number of hydrogen-bond acceptors (Lipinski definition) is 2. The zero-order chi connectivity index (χ0) is 11.5. The van der Waals surface area contributed by atoms with Crippen LogP contribution in [-0.2, 0) is 0 Å². The summed E-state index contributed by atoms with van der Waals surface area (Å²) in [7, 11) is 1.80. The van der Waals surface area contributed by atoms with Gasteiger partial charge in [-0.25, -0.2) is 0 Å². The minimum Gasteiger partial charge on any atom is -0.311 e. The molecular weight excluding hydrogens is 218 g/mol. The molecule has 0 aliphatic rings. The van der Waals surface area contributed by atoms with Crippen LogP contribution in [0.4, 0.5) is 5.69 Å². The monoisotopic (exact) mass is 231 g/mol. The molecule has 2 aromatic rings. The molecule has 0 spiro atoms. The fourth-order valence-corrected chi connectivity index (χ4v) is 2.33. The van der Waals surface area contributed by atoms with Gasteiger partial charge in [0.1, 0.15) is 0 Å². The summed E-state index contributed by atoms with van der Waals surface area (Å²) in [6.45, 7) is 2.00. The van der Waals surface area contributed by atoms with Gasteiger partial charge in [-0.1, -0.05) is 18.2 Å². The van der Waals surface area contributed by atoms with E-state index in [9.17, 15) is 4.79 Å². The van der Waals surface area contributed by atoms with Crippen LogP contribution in [0.25, 0.3) is 0 Å². The van der Waals surface area contributed by atoms with Gasteiger partial charge in [-0.3, -0.25) is 4.79 Å². The maximum atomic E-state index is 12.1. The first-order valence-electron chi connectivity index (χ1n) is 5.08. The van der Waals surface area contributed by atoms with E-state index in [1.54, 1.807) is 11.9 Å². The van der Waals surface area contributed by atoms with Gasteiger partial charge in [0.15, 0.2) is 0 Å². The van der Waals surface area contributed by atoms with E-state index in [1.165, 1.54) is 11.3 Å². The zero-order valence-corrected chi connectivity index (χ0v) is 10.1. The largest absolute Gasteiger partial charge is 0.311 e. The van der Waals surface area contributed by atoms with Crippen LogP contribution in [0.3, 0.4) is 0 Å². The smallest absolute Gasteiger partial charge is 0.268 e. The number of carbonyl (C=O) groups is 1. The third-order valence-electron chi connectivity index (χ3n) is 2.40. The van der Waals surface area contributed by atoms with Crippen LogP contribution in [-0.4, -0.2) is 13.0 Å². The van der Waals surface area contributed by atoms with Crippen molar-refractivity contribution in [2.45, 2.75) is 6.92 Å². The van der Waals surface area contributed by atoms with Crippen LogP contribution >= 0.6 is 11.3 Å². The predicted molar refractivity (Wildman–Crippen MR) is 68.2 cm³/mol. The van der Waals surface area contributed by atoms with Crippen molar-refractivity contribution in [2.75, 3.05) is 11.9 Å². The predicted octanol–water partition coefficient (Wildman–Crippen LogP) is 3.33. The molecule has 82 valence electrons. The van der Waals surface area contributed by atoms with Gasteiger partial charge in [0.05, 0.1) is 4.88 Å². The first-order valence-corrected chi connectivity index (χ1v) is 5.89. The third-order valence-corrected chi connectivity index (χ3v) is 3.39. The lowest BCUT2D eigenvalue weighted by Gasteiger charge is -2.15. The van der Waals surface area contributed by atoms with Crippen molar-refractivity contribution in [3.8, 4) is 0 Å². The number of benzene rings is 1. The normalized spacial score (nSPS) is 10.1. The van der Waals surface area contributed by atoms with E-state index in [1.807, 2.05) is 49.4 Å². The van der Waals surface area contributed by atoms with Crippen molar-refractivity contribution in [2.24, 2.45) is 0 Å². The van der Waals surface area contributed by atoms with Gasteiger partial charge in [0.25, 0.3) is 5.91 Å². The van der Waals surface area contributed by atoms with E-state index in [0.29, 0.717) is 0 Å². The highest BCUT2D eigenvalue weighted by Crippen LogP contribution is 2.20. The second kappa shape index (κ2) is 4.49. The minimum absolute atomic E-state index is 0.0456. The van der Waals surface area contributed by atoms with E-state index in [-0.39, 0.29) is 5.91 Å². The molecule has 0 aliphatic carbocycles. The number of aryl methyl sites for hydroxylation is 1. The van der Waals surface area contributed by atoms with Crippen molar-refractivity contribution in [1.29, 1.82) is 0 Å². The van der Waals surface area contributed by atoms with E-state index < -0.39 is 0 Å². The van der Waals surface area contributed by atoms with Gasteiger partial charge in [-0.2, -0.15) is 0 Å². The Morgan fingerprint density at radius 1 is 1.12 bits per heavy atom. The Labute approximate surface area is 99.1 Å². The molecule has 1 heterocycles. The van der Waals surface area contributed by atoms with Crippen LogP contribution in [0.2, 0.25) is 0 Å². The molecule has 0 aliphatic heterocycles. The number of thiophene rings is 1. The minimum atomic E-state index is 0.0456. The molecule has 0 N–H and O–H groups in total. The molecule has 16 heavy (non-hydrogen) atoms. The molecule has 0 radical (unpaired) electrons. The van der Waals surface area contributed by atoms with Gasteiger partial charge in [-0.05, 0) is 31.2 Å². The summed E-state index contributed by atoms with van der Waals surface area (Å²) in [5, 5.41) is 0. The molecule has 0 saturated heterocycles. The summed E-state index contributed by atoms with van der Waals surface area (Å²) in [5.74, 6) is 0.0456. The lowest BCUT2D eigenvalue weighted by Crippen LogP contribution is -2.25. The average Bonchev–Trinajstić information content (AvgIpc) is 2.75. The molecule has 0 saturated carbocycles. The summed E-state index contributed by atoms with van der Waals surface area (Å²) < 4.78 is 0. The van der Waals surface area contributed by atoms with Crippen molar-refractivity contribution in [3.05, 3.63) is 52.2 Å². The Kier molecular flexibility index (Phi) is 3.06. The molecule has 0 atom stereocenters. The van der Waals surface area contributed by atoms with Gasteiger partial charge in [0.2, 0.25) is 0 Å². The second-order valence-electron chi connectivity index (χ2n) is 3.61. The van der Waals surface area contributed by atoms with Crippen molar-refractivity contribution in [3.63, 3.8) is 0 Å². The molecule has 2 nitrogen and oxygen atoms in total.